The van der Waals surface area contributed by atoms with E-state index in [1.54, 1.807) is 24.4 Å². The summed E-state index contributed by atoms with van der Waals surface area (Å²) in [7, 11) is 0. The lowest BCUT2D eigenvalue weighted by Crippen LogP contribution is -2.56. The lowest BCUT2D eigenvalue weighted by atomic mass is 9.89. The Kier molecular flexibility index (Phi) is 22.6. The highest BCUT2D eigenvalue weighted by Gasteiger charge is 2.39. The zero-order valence-electron chi connectivity index (χ0n) is 39.0. The summed E-state index contributed by atoms with van der Waals surface area (Å²) in [6.07, 6.45) is -20.7. The van der Waals surface area contributed by atoms with Gasteiger partial charge in [-0.1, -0.05) is 0 Å². The molecule has 0 bridgehead atoms. The number of hydrogen-bond donors (Lipinski definition) is 14. The first-order valence-electron chi connectivity index (χ1n) is 22.2. The Morgan fingerprint density at radius 2 is 1.37 bits per heavy atom. The zero-order chi connectivity index (χ0) is 55.3. The Morgan fingerprint density at radius 1 is 0.863 bits per heavy atom. The number of aromatic nitrogens is 5. The van der Waals surface area contributed by atoms with E-state index in [0.717, 1.165) is 16.9 Å². The second kappa shape index (κ2) is 26.9. The van der Waals surface area contributed by atoms with Crippen LogP contribution in [0.15, 0.2) is 30.5 Å². The maximum Gasteiger partial charge on any atom is 0.490 e. The predicted molar refractivity (Wildman–Crippen MR) is 236 cm³/mol. The van der Waals surface area contributed by atoms with Crippen molar-refractivity contribution in [3.63, 3.8) is 0 Å². The number of imidazole rings is 1. The van der Waals surface area contributed by atoms with Crippen LogP contribution in [-0.2, 0) is 34.0 Å². The van der Waals surface area contributed by atoms with Crippen molar-refractivity contribution in [2.45, 2.75) is 132 Å². The van der Waals surface area contributed by atoms with Crippen LogP contribution >= 0.6 is 0 Å². The van der Waals surface area contributed by atoms with Gasteiger partial charge in [0.1, 0.15) is 54.7 Å². The molecule has 31 heteroatoms. The van der Waals surface area contributed by atoms with Gasteiger partial charge < -0.3 is 82.1 Å². The summed E-state index contributed by atoms with van der Waals surface area (Å²) in [5.41, 5.74) is 9.30. The number of benzene rings is 1. The molecule has 0 saturated heterocycles. The number of carbonyl (C=O) groups is 4. The topological polar surface area (TPSA) is 409 Å². The third kappa shape index (κ3) is 16.3. The molecule has 8 atom stereocenters. The Hall–Kier alpha value is -5.87. The number of nitrogens with zero attached hydrogens (tertiary/aromatic N) is 6. The number of fused-ring (bicyclic) bond motifs is 2. The van der Waals surface area contributed by atoms with E-state index >= 15 is 0 Å². The fourth-order valence-corrected chi connectivity index (χ4v) is 7.86. The van der Waals surface area contributed by atoms with Crippen molar-refractivity contribution in [1.82, 2.24) is 29.7 Å². The monoisotopic (exact) mass is 1060 g/mol. The van der Waals surface area contributed by atoms with Gasteiger partial charge in [-0.25, -0.2) is 23.9 Å². The number of aliphatic hydroxyl groups excluding tert-OH is 10. The first-order valence-corrected chi connectivity index (χ1v) is 22.2. The number of halogens is 6. The van der Waals surface area contributed by atoms with E-state index in [2.05, 4.69) is 24.8 Å². The van der Waals surface area contributed by atoms with E-state index in [1.807, 2.05) is 24.5 Å². The van der Waals surface area contributed by atoms with Crippen LogP contribution in [0, 0.1) is 0 Å². The molecular weight excluding hydrogens is 1000 g/mol. The number of carboxylic acid groups (broad SMARTS) is 2. The Bertz CT molecular complexity index is 2380. The number of aliphatic hydroxyl groups is 10. The number of alkyl halides is 6. The van der Waals surface area contributed by atoms with Gasteiger partial charge in [-0.3, -0.25) is 19.4 Å². The lowest BCUT2D eigenvalue weighted by molar-refractivity contribution is -0.676. The second-order valence-electron chi connectivity index (χ2n) is 16.6. The molecule has 1 fully saturated rings. The number of rotatable bonds is 21. The number of hydrogen-bond acceptors (Lipinski definition) is 19. The number of aryl methyl sites for hydroxylation is 2. The van der Waals surface area contributed by atoms with Crippen LogP contribution in [0.25, 0.3) is 22.2 Å². The average molecular weight is 1060 g/mol. The average Bonchev–Trinajstić information content (AvgIpc) is 3.93. The van der Waals surface area contributed by atoms with Crippen LogP contribution in [0.1, 0.15) is 55.7 Å². The van der Waals surface area contributed by atoms with Crippen molar-refractivity contribution < 1.29 is 111 Å². The summed E-state index contributed by atoms with van der Waals surface area (Å²) in [4.78, 5) is 58.6. The van der Waals surface area contributed by atoms with Gasteiger partial charge in [-0.05, 0) is 57.7 Å². The highest BCUT2D eigenvalue weighted by Crippen LogP contribution is 2.28. The molecule has 2 amide bonds. The van der Waals surface area contributed by atoms with Crippen LogP contribution in [-0.4, -0.2) is 204 Å². The molecule has 4 aromatic rings. The summed E-state index contributed by atoms with van der Waals surface area (Å²) in [6.45, 7) is 2.66. The number of carbonyl (C=O) groups excluding carboxylic acids is 3. The summed E-state index contributed by atoms with van der Waals surface area (Å²) in [6, 6.07) is 6.45. The van der Waals surface area contributed by atoms with Gasteiger partial charge >= 0.3 is 18.3 Å². The van der Waals surface area contributed by atoms with E-state index in [9.17, 15) is 87.0 Å². The van der Waals surface area contributed by atoms with Crippen LogP contribution < -0.4 is 25.6 Å². The highest BCUT2D eigenvalue weighted by atomic mass is 19.4. The summed E-state index contributed by atoms with van der Waals surface area (Å²) in [5.74, 6) is -4.99. The molecule has 73 heavy (non-hydrogen) atoms. The smallest absolute Gasteiger partial charge is 0.490 e. The molecule has 1 aliphatic rings. The number of aromatic amines is 1. The first kappa shape index (κ1) is 61.4. The summed E-state index contributed by atoms with van der Waals surface area (Å²) in [5, 5.41) is 120. The van der Waals surface area contributed by atoms with Gasteiger partial charge in [0.25, 0.3) is 11.7 Å². The van der Waals surface area contributed by atoms with Crippen molar-refractivity contribution in [1.29, 1.82) is 0 Å². The minimum Gasteiger partial charge on any atom is -0.542 e. The number of aliphatic carboxylic acids is 2. The molecule has 1 saturated carbocycles. The van der Waals surface area contributed by atoms with Gasteiger partial charge in [-0.15, -0.1) is 0 Å². The highest BCUT2D eigenvalue weighted by molar-refractivity contribution is 5.97. The molecule has 0 spiro atoms. The number of nitrogens with one attached hydrogen (secondary N) is 2. The van der Waals surface area contributed by atoms with E-state index in [-0.39, 0.29) is 43.2 Å². The molecule has 5 rings (SSSR count). The van der Waals surface area contributed by atoms with E-state index in [1.165, 1.54) is 9.80 Å². The van der Waals surface area contributed by atoms with E-state index < -0.39 is 92.4 Å². The van der Waals surface area contributed by atoms with Crippen LogP contribution in [0.4, 0.5) is 38.0 Å². The van der Waals surface area contributed by atoms with Crippen molar-refractivity contribution in [2.24, 2.45) is 0 Å². The molecule has 1 aromatic carbocycles. The fraction of sp³-hybridized carbons (Fsp3) is 0.595. The molecular formula is C42H59F6N9O16. The second-order valence-corrected chi connectivity index (χ2v) is 16.6. The molecule has 3 aromatic heterocycles. The van der Waals surface area contributed by atoms with Gasteiger partial charge in [-0.2, -0.15) is 26.3 Å². The molecule has 25 nitrogen and oxygen atoms in total. The van der Waals surface area contributed by atoms with E-state index in [4.69, 9.17) is 25.5 Å². The maximum absolute atomic E-state index is 13.7. The molecule has 3 heterocycles. The largest absolute Gasteiger partial charge is 0.542 e. The number of amides is 2. The van der Waals surface area contributed by atoms with Gasteiger partial charge in [0.05, 0.1) is 38.5 Å². The minimum absolute atomic E-state index is 0.0902. The Balaban J connectivity index is 0.000000878. The predicted octanol–water partition coefficient (Wildman–Crippen LogP) is -3.87. The molecule has 0 aliphatic heterocycles. The number of H-pyrrole nitrogens is 1. The molecule has 15 N–H and O–H groups in total. The van der Waals surface area contributed by atoms with Crippen molar-refractivity contribution >= 4 is 58.1 Å². The first-order chi connectivity index (χ1) is 34.1. The quantitative estimate of drug-likeness (QED) is 0.0216. The van der Waals surface area contributed by atoms with E-state index in [0.29, 0.717) is 61.9 Å². The number of carboxylic acids is 2. The number of nitrogens with two attached hydrogens (primary N) is 1. The molecule has 1 aliphatic carbocycles. The molecule has 410 valence electrons. The van der Waals surface area contributed by atoms with Gasteiger partial charge in [0, 0.05) is 43.0 Å². The van der Waals surface area contributed by atoms with Gasteiger partial charge in [0.15, 0.2) is 28.3 Å². The SMILES string of the molecule is CCn1c(CN(C=O)c2nc3cc[nH]c3nc2N)[n+](CC)c2ccc(C(=O)NC3CCC(N(C[C@H](O)[C@@H](O)[C@H](O)[C@H](O)CO)C[C@H](O)[C@@H](O)[C@H](O)[C@H](O)CO)CC3)cc21.O=C(O)C(F)(F)F.O=C([O-])C(F)(F)F. The summed E-state index contributed by atoms with van der Waals surface area (Å²) >= 11 is 0. The normalized spacial score (nSPS) is 18.5. The van der Waals surface area contributed by atoms with Crippen molar-refractivity contribution in [2.75, 3.05) is 36.9 Å². The van der Waals surface area contributed by atoms with Crippen molar-refractivity contribution in [3.8, 4) is 0 Å². The van der Waals surface area contributed by atoms with Crippen molar-refractivity contribution in [3.05, 3.63) is 41.9 Å². The Morgan fingerprint density at radius 3 is 1.81 bits per heavy atom. The van der Waals surface area contributed by atoms with Gasteiger partial charge in [0.2, 0.25) is 6.41 Å². The van der Waals surface area contributed by atoms with Crippen LogP contribution in [0.2, 0.25) is 0 Å². The van der Waals surface area contributed by atoms with Crippen LogP contribution in [0.5, 0.6) is 0 Å². The number of nitrogen functional groups attached to an aromatic ring is 1. The molecule has 0 radical (unpaired) electrons. The molecule has 0 unspecified atom stereocenters. The van der Waals surface area contributed by atoms with Crippen LogP contribution in [0.3, 0.4) is 0 Å². The third-order valence-electron chi connectivity index (χ3n) is 11.7. The third-order valence-corrected chi connectivity index (χ3v) is 11.7. The lowest BCUT2D eigenvalue weighted by Gasteiger charge is -2.40. The standard InChI is InChI=1S/C38H57N9O12.2C2HF3O2/c1-3-46-24-10-5-20(13-25(24)47(4-2)30(46)16-45(19-50)37-35(39)43-36-23(42-37)11-12-40-36)38(59)41-21-6-8-22(9-7-21)44(14-26(51)31(55)33(57)28(53)17-48)15-27(52)32(56)34(58)29(54)18-49;2*3-2(4,5)1(6)7/h5,10-13,19,21-22,26-29,31-34,48-49,51-58H,3-4,6-9,14-18H2,1-2H3,(H3-,39,40,41,42,43,59);2*(H,6,7)/t21?,22?,26-,27-,28+,29+,31+,32+,33+,34+;;/m0../s1. The number of anilines is 2. The maximum atomic E-state index is 13.7. The summed E-state index contributed by atoms with van der Waals surface area (Å²) < 4.78 is 67.4. The fourth-order valence-electron chi connectivity index (χ4n) is 7.86. The zero-order valence-corrected chi connectivity index (χ0v) is 39.0. The minimum atomic E-state index is -5.19. The Labute approximate surface area is 410 Å².